The number of hydrogen-bond donors (Lipinski definition) is 2. The van der Waals surface area contributed by atoms with E-state index in [1.807, 2.05) is 30.3 Å². The maximum absolute atomic E-state index is 12.0. The Morgan fingerprint density at radius 3 is 2.88 bits per heavy atom. The topological polar surface area (TPSA) is 95.0 Å². The van der Waals surface area contributed by atoms with Gasteiger partial charge >= 0.3 is 0 Å². The standard InChI is InChI=1S/C19H21N5O/c20-11-16-7-4-9-22-19(16)23-12-14-8-10-24(13-14)17(18(21)25)15-5-2-1-3-6-15/h1-7,9,14,17H,8,10,12-13H2,(H2,21,25)(H,22,23). The van der Waals surface area contributed by atoms with Gasteiger partial charge in [-0.3, -0.25) is 9.69 Å². The molecule has 3 rings (SSSR count). The van der Waals surface area contributed by atoms with Crippen molar-refractivity contribution >= 4 is 11.7 Å². The lowest BCUT2D eigenvalue weighted by atomic mass is 10.0. The summed E-state index contributed by atoms with van der Waals surface area (Å²) in [7, 11) is 0. The predicted octanol–water partition coefficient (Wildman–Crippen LogP) is 1.91. The third-order valence-electron chi connectivity index (χ3n) is 4.55. The summed E-state index contributed by atoms with van der Waals surface area (Å²) < 4.78 is 0. The van der Waals surface area contributed by atoms with Crippen LogP contribution in [0.25, 0.3) is 0 Å². The zero-order valence-electron chi connectivity index (χ0n) is 13.9. The number of rotatable bonds is 6. The van der Waals surface area contributed by atoms with Crippen molar-refractivity contribution in [3.8, 4) is 6.07 Å². The average molecular weight is 335 g/mol. The van der Waals surface area contributed by atoms with Gasteiger partial charge in [-0.25, -0.2) is 4.98 Å². The van der Waals surface area contributed by atoms with Gasteiger partial charge in [-0.15, -0.1) is 0 Å². The molecule has 1 aromatic carbocycles. The number of primary amides is 1. The van der Waals surface area contributed by atoms with Crippen LogP contribution in [0.4, 0.5) is 5.82 Å². The molecule has 128 valence electrons. The van der Waals surface area contributed by atoms with Gasteiger partial charge in [-0.2, -0.15) is 5.26 Å². The highest BCUT2D eigenvalue weighted by atomic mass is 16.1. The van der Waals surface area contributed by atoms with E-state index in [0.717, 1.165) is 25.1 Å². The van der Waals surface area contributed by atoms with Crippen LogP contribution in [0.1, 0.15) is 23.6 Å². The van der Waals surface area contributed by atoms with Crippen LogP contribution in [0.5, 0.6) is 0 Å². The molecule has 0 bridgehead atoms. The van der Waals surface area contributed by atoms with Crippen LogP contribution >= 0.6 is 0 Å². The molecule has 1 fully saturated rings. The highest BCUT2D eigenvalue weighted by Crippen LogP contribution is 2.28. The van der Waals surface area contributed by atoms with E-state index in [2.05, 4.69) is 21.3 Å². The first-order chi connectivity index (χ1) is 12.2. The normalized spacial score (nSPS) is 18.4. The lowest BCUT2D eigenvalue weighted by molar-refractivity contribution is -0.123. The van der Waals surface area contributed by atoms with Crippen LogP contribution in [0.3, 0.4) is 0 Å². The number of anilines is 1. The number of nitriles is 1. The van der Waals surface area contributed by atoms with Crippen molar-refractivity contribution in [1.29, 1.82) is 5.26 Å². The number of amides is 1. The Labute approximate surface area is 147 Å². The summed E-state index contributed by atoms with van der Waals surface area (Å²) in [5.74, 6) is 0.661. The minimum atomic E-state index is -0.393. The molecule has 2 aromatic rings. The SMILES string of the molecule is N#Cc1cccnc1NCC1CCN(C(C(N)=O)c2ccccc2)C1. The molecule has 6 nitrogen and oxygen atoms in total. The molecule has 6 heteroatoms. The molecule has 0 saturated carbocycles. The molecule has 0 radical (unpaired) electrons. The van der Waals surface area contributed by atoms with Crippen molar-refractivity contribution in [2.45, 2.75) is 12.5 Å². The minimum Gasteiger partial charge on any atom is -0.369 e. The molecule has 1 aliphatic rings. The van der Waals surface area contributed by atoms with E-state index in [9.17, 15) is 4.79 Å². The summed E-state index contributed by atoms with van der Waals surface area (Å²) in [6.45, 7) is 2.31. The van der Waals surface area contributed by atoms with Gasteiger partial charge in [0.2, 0.25) is 5.91 Å². The van der Waals surface area contributed by atoms with Crippen molar-refractivity contribution < 1.29 is 4.79 Å². The summed E-state index contributed by atoms with van der Waals surface area (Å²) in [4.78, 5) is 18.3. The Morgan fingerprint density at radius 1 is 1.36 bits per heavy atom. The third-order valence-corrected chi connectivity index (χ3v) is 4.55. The van der Waals surface area contributed by atoms with Crippen LogP contribution in [-0.4, -0.2) is 35.4 Å². The summed E-state index contributed by atoms with van der Waals surface area (Å²) in [6, 6.07) is 14.9. The van der Waals surface area contributed by atoms with Crippen LogP contribution in [0.2, 0.25) is 0 Å². The Bertz CT molecular complexity index is 771. The van der Waals surface area contributed by atoms with Crippen LogP contribution in [0, 0.1) is 17.2 Å². The number of carbonyl (C=O) groups excluding carboxylic acids is 1. The van der Waals surface area contributed by atoms with Crippen molar-refractivity contribution in [3.63, 3.8) is 0 Å². The van der Waals surface area contributed by atoms with Gasteiger partial charge in [0, 0.05) is 19.3 Å². The second kappa shape index (κ2) is 7.77. The van der Waals surface area contributed by atoms with Gasteiger partial charge in [0.15, 0.2) is 0 Å². The average Bonchev–Trinajstić information content (AvgIpc) is 3.09. The molecule has 25 heavy (non-hydrogen) atoms. The number of nitrogens with zero attached hydrogens (tertiary/aromatic N) is 3. The van der Waals surface area contributed by atoms with Crippen LogP contribution in [0.15, 0.2) is 48.7 Å². The molecule has 0 aliphatic carbocycles. The first kappa shape index (κ1) is 16.9. The number of carbonyl (C=O) groups is 1. The second-order valence-electron chi connectivity index (χ2n) is 6.26. The largest absolute Gasteiger partial charge is 0.369 e. The van der Waals surface area contributed by atoms with Crippen molar-refractivity contribution in [1.82, 2.24) is 9.88 Å². The van der Waals surface area contributed by atoms with Crippen molar-refractivity contribution in [3.05, 3.63) is 59.8 Å². The molecular formula is C19H21N5O. The van der Waals surface area contributed by atoms with Gasteiger partial charge < -0.3 is 11.1 Å². The molecular weight excluding hydrogens is 314 g/mol. The molecule has 2 heterocycles. The highest BCUT2D eigenvalue weighted by Gasteiger charge is 2.32. The van der Waals surface area contributed by atoms with E-state index in [1.165, 1.54) is 0 Å². The number of nitrogens with one attached hydrogen (secondary N) is 1. The second-order valence-corrected chi connectivity index (χ2v) is 6.26. The Morgan fingerprint density at radius 2 is 2.16 bits per heavy atom. The fourth-order valence-electron chi connectivity index (χ4n) is 3.33. The van der Waals surface area contributed by atoms with E-state index in [1.54, 1.807) is 18.3 Å². The van der Waals surface area contributed by atoms with Crippen molar-refractivity contribution in [2.75, 3.05) is 25.0 Å². The van der Waals surface area contributed by atoms with Gasteiger partial charge in [0.25, 0.3) is 0 Å². The monoisotopic (exact) mass is 335 g/mol. The van der Waals surface area contributed by atoms with E-state index in [-0.39, 0.29) is 5.91 Å². The fourth-order valence-corrected chi connectivity index (χ4v) is 3.33. The van der Waals surface area contributed by atoms with Gasteiger partial charge in [0.1, 0.15) is 17.9 Å². The highest BCUT2D eigenvalue weighted by molar-refractivity contribution is 5.81. The minimum absolute atomic E-state index is 0.323. The Kier molecular flexibility index (Phi) is 5.26. The first-order valence-corrected chi connectivity index (χ1v) is 8.36. The molecule has 3 N–H and O–H groups in total. The number of nitrogens with two attached hydrogens (primary N) is 1. The maximum atomic E-state index is 12.0. The maximum Gasteiger partial charge on any atom is 0.239 e. The zero-order chi connectivity index (χ0) is 17.6. The number of likely N-dealkylation sites (tertiary alicyclic amines) is 1. The lowest BCUT2D eigenvalue weighted by Gasteiger charge is -2.25. The molecule has 1 aliphatic heterocycles. The van der Waals surface area contributed by atoms with E-state index < -0.39 is 6.04 Å². The molecule has 1 amide bonds. The zero-order valence-corrected chi connectivity index (χ0v) is 13.9. The quantitative estimate of drug-likeness (QED) is 0.841. The van der Waals surface area contributed by atoms with Gasteiger partial charge in [0.05, 0.1) is 5.56 Å². The third kappa shape index (κ3) is 3.95. The number of hydrogen-bond acceptors (Lipinski definition) is 5. The fraction of sp³-hybridized carbons (Fsp3) is 0.316. The summed E-state index contributed by atoms with van der Waals surface area (Å²) in [5, 5.41) is 12.4. The lowest BCUT2D eigenvalue weighted by Crippen LogP contribution is -2.36. The molecule has 2 unspecified atom stereocenters. The molecule has 1 saturated heterocycles. The number of pyridine rings is 1. The van der Waals surface area contributed by atoms with E-state index >= 15 is 0 Å². The molecule has 1 aromatic heterocycles. The Balaban J connectivity index is 1.63. The van der Waals surface area contributed by atoms with E-state index in [4.69, 9.17) is 11.0 Å². The van der Waals surface area contributed by atoms with Crippen LogP contribution in [-0.2, 0) is 4.79 Å². The van der Waals surface area contributed by atoms with E-state index in [0.29, 0.717) is 23.8 Å². The Hall–Kier alpha value is -2.91. The number of benzene rings is 1. The smallest absolute Gasteiger partial charge is 0.239 e. The predicted molar refractivity (Wildman–Crippen MR) is 95.5 cm³/mol. The van der Waals surface area contributed by atoms with Gasteiger partial charge in [-0.1, -0.05) is 30.3 Å². The summed E-state index contributed by atoms with van der Waals surface area (Å²) in [6.07, 6.45) is 2.64. The molecule has 0 spiro atoms. The van der Waals surface area contributed by atoms with Crippen LogP contribution < -0.4 is 11.1 Å². The first-order valence-electron chi connectivity index (χ1n) is 8.36. The summed E-state index contributed by atoms with van der Waals surface area (Å²) in [5.41, 5.74) is 7.12. The van der Waals surface area contributed by atoms with Crippen molar-refractivity contribution in [2.24, 2.45) is 11.7 Å². The summed E-state index contributed by atoms with van der Waals surface area (Å²) >= 11 is 0. The number of aromatic nitrogens is 1. The van der Waals surface area contributed by atoms with Gasteiger partial charge in [-0.05, 0) is 36.6 Å². The molecule has 2 atom stereocenters.